The van der Waals surface area contributed by atoms with Gasteiger partial charge in [0, 0.05) is 16.1 Å². The van der Waals surface area contributed by atoms with Crippen LogP contribution in [0.2, 0.25) is 5.02 Å². The zero-order valence-corrected chi connectivity index (χ0v) is 19.0. The molecule has 166 valence electrons. The summed E-state index contributed by atoms with van der Waals surface area (Å²) in [6, 6.07) is 16.4. The highest BCUT2D eigenvalue weighted by atomic mass is 79.9. The first-order valence-electron chi connectivity index (χ1n) is 9.47. The third kappa shape index (κ3) is 4.86. The second-order valence-corrected chi connectivity index (χ2v) is 8.18. The molecular weight excluding hydrogens is 516 g/mol. The molecule has 0 radical (unpaired) electrons. The lowest BCUT2D eigenvalue weighted by atomic mass is 10.2. The Morgan fingerprint density at radius 3 is 2.61 bits per heavy atom. The summed E-state index contributed by atoms with van der Waals surface area (Å²) in [4.78, 5) is 38.4. The van der Waals surface area contributed by atoms with Gasteiger partial charge in [0.25, 0.3) is 5.56 Å². The molecule has 0 aliphatic rings. The van der Waals surface area contributed by atoms with Crippen molar-refractivity contribution in [2.24, 2.45) is 5.10 Å². The van der Waals surface area contributed by atoms with Gasteiger partial charge < -0.3 is 9.72 Å². The molecule has 0 saturated carbocycles. The number of nitro groups is 1. The van der Waals surface area contributed by atoms with Crippen molar-refractivity contribution in [1.29, 1.82) is 0 Å². The second-order valence-electron chi connectivity index (χ2n) is 6.86. The van der Waals surface area contributed by atoms with Crippen LogP contribution in [0.5, 0.6) is 5.75 Å². The van der Waals surface area contributed by atoms with Crippen LogP contribution >= 0.6 is 27.5 Å². The fourth-order valence-electron chi connectivity index (χ4n) is 3.07. The number of rotatable bonds is 6. The van der Waals surface area contributed by atoms with E-state index in [4.69, 9.17) is 16.3 Å². The summed E-state index contributed by atoms with van der Waals surface area (Å²) in [5.74, 6) is -0.0949. The number of nitrogens with one attached hydrogen (secondary N) is 1. The Bertz CT molecular complexity index is 1510. The lowest BCUT2D eigenvalue weighted by Crippen LogP contribution is -2.32. The van der Waals surface area contributed by atoms with Crippen molar-refractivity contribution in [2.75, 3.05) is 0 Å². The van der Waals surface area contributed by atoms with Crippen LogP contribution < -0.4 is 16.0 Å². The molecule has 33 heavy (non-hydrogen) atoms. The average Bonchev–Trinajstić information content (AvgIpc) is 2.79. The van der Waals surface area contributed by atoms with Crippen LogP contribution in [-0.2, 0) is 6.61 Å². The summed E-state index contributed by atoms with van der Waals surface area (Å²) in [6.07, 6.45) is 1.14. The highest BCUT2D eigenvalue weighted by Crippen LogP contribution is 2.36. The van der Waals surface area contributed by atoms with Crippen molar-refractivity contribution >= 4 is 50.3 Å². The molecule has 3 aromatic carbocycles. The van der Waals surface area contributed by atoms with E-state index in [2.05, 4.69) is 26.0 Å². The number of nitro benzene ring substituents is 1. The minimum absolute atomic E-state index is 0.0115. The van der Waals surface area contributed by atoms with Gasteiger partial charge in [-0.15, -0.1) is 4.68 Å². The lowest BCUT2D eigenvalue weighted by Gasteiger charge is -2.10. The van der Waals surface area contributed by atoms with Crippen LogP contribution in [0.1, 0.15) is 11.1 Å². The van der Waals surface area contributed by atoms with E-state index in [0.29, 0.717) is 10.2 Å². The van der Waals surface area contributed by atoms with Crippen LogP contribution in [-0.4, -0.2) is 20.8 Å². The fourth-order valence-corrected chi connectivity index (χ4v) is 3.61. The molecule has 0 amide bonds. The SMILES string of the molecule is O=c1[nH]c2ccccc2c(=O)n1N=Cc1cc(Cl)c(OCc2ccc(Br)cc2)c([N+](=O)[O-])c1. The molecule has 9 nitrogen and oxygen atoms in total. The molecule has 4 aromatic rings. The molecule has 0 fully saturated rings. The third-order valence-corrected chi connectivity index (χ3v) is 5.45. The summed E-state index contributed by atoms with van der Waals surface area (Å²) >= 11 is 9.59. The Hall–Kier alpha value is -3.76. The average molecular weight is 530 g/mol. The highest BCUT2D eigenvalue weighted by Gasteiger charge is 2.20. The smallest absolute Gasteiger partial charge is 0.349 e. The molecule has 0 atom stereocenters. The van der Waals surface area contributed by atoms with Crippen LogP contribution in [0.15, 0.2) is 79.8 Å². The summed E-state index contributed by atoms with van der Waals surface area (Å²) in [7, 11) is 0. The molecule has 0 aliphatic carbocycles. The van der Waals surface area contributed by atoms with Crippen molar-refractivity contribution in [3.63, 3.8) is 0 Å². The maximum Gasteiger partial charge on any atom is 0.349 e. The Morgan fingerprint density at radius 1 is 1.15 bits per heavy atom. The number of para-hydroxylation sites is 1. The topological polar surface area (TPSA) is 120 Å². The van der Waals surface area contributed by atoms with Gasteiger partial charge in [-0.2, -0.15) is 5.10 Å². The van der Waals surface area contributed by atoms with E-state index in [1.165, 1.54) is 12.1 Å². The fraction of sp³-hybridized carbons (Fsp3) is 0.0455. The Morgan fingerprint density at radius 2 is 1.88 bits per heavy atom. The van der Waals surface area contributed by atoms with Gasteiger partial charge in [0.2, 0.25) is 5.75 Å². The van der Waals surface area contributed by atoms with Crippen molar-refractivity contribution in [3.05, 3.63) is 112 Å². The second kappa shape index (κ2) is 9.39. The molecule has 1 heterocycles. The normalized spacial score (nSPS) is 11.2. The number of fused-ring (bicyclic) bond motifs is 1. The van der Waals surface area contributed by atoms with Crippen LogP contribution in [0.3, 0.4) is 0 Å². The van der Waals surface area contributed by atoms with Gasteiger partial charge in [0.15, 0.2) is 0 Å². The molecule has 0 spiro atoms. The minimum Gasteiger partial charge on any atom is -0.481 e. The molecule has 0 bridgehead atoms. The Balaban J connectivity index is 1.67. The summed E-state index contributed by atoms with van der Waals surface area (Å²) in [6.45, 7) is 0.0726. The first kappa shape index (κ1) is 22.4. The van der Waals surface area contributed by atoms with Crippen LogP contribution in [0.25, 0.3) is 10.9 Å². The zero-order chi connectivity index (χ0) is 23.5. The maximum absolute atomic E-state index is 12.6. The van der Waals surface area contributed by atoms with Crippen LogP contribution in [0.4, 0.5) is 5.69 Å². The zero-order valence-electron chi connectivity index (χ0n) is 16.7. The molecule has 11 heteroatoms. The summed E-state index contributed by atoms with van der Waals surface area (Å²) in [5, 5.41) is 15.8. The van der Waals surface area contributed by atoms with Gasteiger partial charge in [0.1, 0.15) is 6.61 Å². The Kier molecular flexibility index (Phi) is 6.38. The first-order chi connectivity index (χ1) is 15.8. The van der Waals surface area contributed by atoms with Crippen LogP contribution in [0, 0.1) is 10.1 Å². The molecular formula is C22H14BrClN4O5. The van der Waals surface area contributed by atoms with Gasteiger partial charge in [0.05, 0.1) is 27.1 Å². The van der Waals surface area contributed by atoms with E-state index in [0.717, 1.165) is 16.3 Å². The number of benzene rings is 3. The number of hydrogen-bond donors (Lipinski definition) is 1. The highest BCUT2D eigenvalue weighted by molar-refractivity contribution is 9.10. The maximum atomic E-state index is 12.6. The number of H-pyrrole nitrogens is 1. The van der Waals surface area contributed by atoms with Gasteiger partial charge in [-0.3, -0.25) is 14.9 Å². The number of ether oxygens (including phenoxy) is 1. The minimum atomic E-state index is -0.745. The van der Waals surface area contributed by atoms with Gasteiger partial charge in [-0.25, -0.2) is 4.79 Å². The van der Waals surface area contributed by atoms with Crippen molar-refractivity contribution < 1.29 is 9.66 Å². The Labute approximate surface area is 199 Å². The summed E-state index contributed by atoms with van der Waals surface area (Å²) in [5.41, 5.74) is -0.359. The predicted molar refractivity (Wildman–Crippen MR) is 128 cm³/mol. The quantitative estimate of drug-likeness (QED) is 0.224. The largest absolute Gasteiger partial charge is 0.481 e. The van der Waals surface area contributed by atoms with Crippen molar-refractivity contribution in [3.8, 4) is 5.75 Å². The van der Waals surface area contributed by atoms with Crippen molar-refractivity contribution in [1.82, 2.24) is 9.66 Å². The van der Waals surface area contributed by atoms with Crippen molar-refractivity contribution in [2.45, 2.75) is 6.61 Å². The first-order valence-corrected chi connectivity index (χ1v) is 10.6. The summed E-state index contributed by atoms with van der Waals surface area (Å²) < 4.78 is 7.15. The van der Waals surface area contributed by atoms with Gasteiger partial charge in [-0.1, -0.05) is 51.8 Å². The van der Waals surface area contributed by atoms with E-state index in [1.807, 2.05) is 24.3 Å². The molecule has 0 aliphatic heterocycles. The molecule has 1 aromatic heterocycles. The standard InChI is InChI=1S/C22H14BrClN4O5/c23-15-7-5-13(6-8-15)12-33-20-17(24)9-14(10-19(20)28(31)32)11-25-27-21(29)16-3-1-2-4-18(16)26-22(27)30/h1-11H,12H2,(H,26,30). The monoisotopic (exact) mass is 528 g/mol. The van der Waals surface area contributed by atoms with E-state index in [1.54, 1.807) is 24.3 Å². The molecule has 0 unspecified atom stereocenters. The van der Waals surface area contributed by atoms with E-state index in [9.17, 15) is 19.7 Å². The molecule has 4 rings (SSSR count). The third-order valence-electron chi connectivity index (χ3n) is 4.65. The number of aromatic amines is 1. The number of nitrogens with zero attached hydrogens (tertiary/aromatic N) is 3. The van der Waals surface area contributed by atoms with E-state index < -0.39 is 16.2 Å². The predicted octanol–water partition coefficient (Wildman–Crippen LogP) is 4.48. The lowest BCUT2D eigenvalue weighted by molar-refractivity contribution is -0.385. The number of aromatic nitrogens is 2. The number of halogens is 2. The number of hydrogen-bond acceptors (Lipinski definition) is 6. The molecule has 1 N–H and O–H groups in total. The van der Waals surface area contributed by atoms with E-state index in [-0.39, 0.29) is 34.0 Å². The van der Waals surface area contributed by atoms with Gasteiger partial charge >= 0.3 is 11.4 Å². The van der Waals surface area contributed by atoms with E-state index >= 15 is 0 Å². The molecule has 0 saturated heterocycles. The van der Waals surface area contributed by atoms with Gasteiger partial charge in [-0.05, 0) is 35.9 Å².